The molecule has 0 aliphatic heterocycles. The van der Waals surface area contributed by atoms with Gasteiger partial charge in [0, 0.05) is 17.9 Å². The predicted molar refractivity (Wildman–Crippen MR) is 119 cm³/mol. The molecule has 4 aromatic rings. The Morgan fingerprint density at radius 2 is 1.90 bits per heavy atom. The first-order valence-electron chi connectivity index (χ1n) is 8.89. The molecule has 0 unspecified atom stereocenters. The van der Waals surface area contributed by atoms with Crippen LogP contribution in [0.1, 0.15) is 31.3 Å². The van der Waals surface area contributed by atoms with E-state index >= 15 is 0 Å². The fourth-order valence-corrected chi connectivity index (χ4v) is 3.62. The van der Waals surface area contributed by atoms with Gasteiger partial charge in [0.2, 0.25) is 0 Å². The fourth-order valence-electron chi connectivity index (χ4n) is 2.77. The van der Waals surface area contributed by atoms with Crippen molar-refractivity contribution in [1.82, 2.24) is 14.4 Å². The number of aromatic nitrogens is 3. The normalized spacial score (nSPS) is 10.9. The lowest BCUT2D eigenvalue weighted by molar-refractivity contribution is 0.617. The van der Waals surface area contributed by atoms with E-state index in [2.05, 4.69) is 47.3 Å². The zero-order chi connectivity index (χ0) is 19.7. The van der Waals surface area contributed by atoms with Crippen molar-refractivity contribution in [1.29, 1.82) is 0 Å². The van der Waals surface area contributed by atoms with Crippen LogP contribution in [0.2, 0.25) is 0 Å². The summed E-state index contributed by atoms with van der Waals surface area (Å²) in [7, 11) is 0. The van der Waals surface area contributed by atoms with E-state index in [0.29, 0.717) is 0 Å². The van der Waals surface area contributed by atoms with Gasteiger partial charge in [0.25, 0.3) is 0 Å². The van der Waals surface area contributed by atoms with Crippen LogP contribution in [0.25, 0.3) is 16.2 Å². The monoisotopic (exact) mass is 426 g/mol. The maximum atomic E-state index is 13.7. The lowest BCUT2D eigenvalue weighted by Crippen LogP contribution is -2.27. The van der Waals surface area contributed by atoms with Crippen LogP contribution in [0.5, 0.6) is 0 Å². The molecule has 4 heterocycles. The minimum atomic E-state index is -0.413. The van der Waals surface area contributed by atoms with Crippen LogP contribution < -0.4 is 5.32 Å². The van der Waals surface area contributed by atoms with Crippen LogP contribution in [-0.2, 0) is 0 Å². The van der Waals surface area contributed by atoms with Gasteiger partial charge in [-0.2, -0.15) is 0 Å². The highest BCUT2D eigenvalue weighted by atomic mass is 35.5. The Morgan fingerprint density at radius 1 is 1.07 bits per heavy atom. The number of thiophene rings is 1. The predicted octanol–water partition coefficient (Wildman–Crippen LogP) is 5.63. The summed E-state index contributed by atoms with van der Waals surface area (Å²) in [5.41, 5.74) is 1.79. The molecule has 4 aromatic heterocycles. The number of halogens is 2. The maximum Gasteiger partial charge on any atom is 0.157 e. The molecule has 7 heteroatoms. The SMILES string of the molecule is CC(C)(C)Nc1c(-c2ccc(C#Cc3ncccc3F)s2)nc2ccccn12.Cl. The second kappa shape index (κ2) is 8.24. The number of imidazole rings is 1. The second-order valence-corrected chi connectivity index (χ2v) is 8.44. The van der Waals surface area contributed by atoms with Gasteiger partial charge in [-0.1, -0.05) is 6.07 Å². The minimum absolute atomic E-state index is 0. The first-order valence-corrected chi connectivity index (χ1v) is 9.70. The third kappa shape index (κ3) is 4.58. The van der Waals surface area contributed by atoms with E-state index in [0.717, 1.165) is 26.9 Å². The number of hydrogen-bond acceptors (Lipinski definition) is 4. The first-order chi connectivity index (χ1) is 13.4. The average molecular weight is 427 g/mol. The van der Waals surface area contributed by atoms with Crippen molar-refractivity contribution in [2.45, 2.75) is 26.3 Å². The molecular formula is C22H20ClFN4S. The Balaban J connectivity index is 0.00000240. The topological polar surface area (TPSA) is 42.2 Å². The highest BCUT2D eigenvalue weighted by Gasteiger charge is 2.20. The molecule has 0 aliphatic rings. The third-order valence-electron chi connectivity index (χ3n) is 3.93. The molecular weight excluding hydrogens is 407 g/mol. The van der Waals surface area contributed by atoms with Gasteiger partial charge in [0.1, 0.15) is 22.9 Å². The van der Waals surface area contributed by atoms with Gasteiger partial charge in [-0.05, 0) is 69.0 Å². The highest BCUT2D eigenvalue weighted by Crippen LogP contribution is 2.35. The summed E-state index contributed by atoms with van der Waals surface area (Å²) < 4.78 is 15.8. The van der Waals surface area contributed by atoms with Crippen molar-refractivity contribution in [3.63, 3.8) is 0 Å². The molecule has 0 radical (unpaired) electrons. The van der Waals surface area contributed by atoms with Gasteiger partial charge < -0.3 is 5.32 Å². The average Bonchev–Trinajstić information content (AvgIpc) is 3.25. The Hall–Kier alpha value is -2.88. The molecule has 0 bridgehead atoms. The van der Waals surface area contributed by atoms with Crippen LogP contribution in [0.3, 0.4) is 0 Å². The molecule has 0 aromatic carbocycles. The summed E-state index contributed by atoms with van der Waals surface area (Å²) in [6.07, 6.45) is 3.53. The van der Waals surface area contributed by atoms with Gasteiger partial charge in [-0.15, -0.1) is 23.7 Å². The Labute approximate surface area is 179 Å². The molecule has 0 saturated carbocycles. The van der Waals surface area contributed by atoms with Crippen molar-refractivity contribution >= 4 is 35.2 Å². The molecule has 0 spiro atoms. The Kier molecular flexibility index (Phi) is 5.92. The summed E-state index contributed by atoms with van der Waals surface area (Å²) in [5, 5.41) is 3.56. The number of fused-ring (bicyclic) bond motifs is 1. The summed E-state index contributed by atoms with van der Waals surface area (Å²) in [5.74, 6) is 6.34. The molecule has 4 rings (SSSR count). The van der Waals surface area contributed by atoms with Crippen LogP contribution >= 0.6 is 23.7 Å². The summed E-state index contributed by atoms with van der Waals surface area (Å²) >= 11 is 1.53. The van der Waals surface area contributed by atoms with E-state index in [1.807, 2.05) is 36.5 Å². The fraction of sp³-hybridized carbons (Fsp3) is 0.182. The molecule has 1 N–H and O–H groups in total. The van der Waals surface area contributed by atoms with Gasteiger partial charge in [0.15, 0.2) is 5.82 Å². The molecule has 29 heavy (non-hydrogen) atoms. The quantitative estimate of drug-likeness (QED) is 0.422. The smallest absolute Gasteiger partial charge is 0.157 e. The molecule has 0 aliphatic carbocycles. The molecule has 0 saturated heterocycles. The number of pyridine rings is 2. The number of nitrogens with one attached hydrogen (secondary N) is 1. The Bertz CT molecular complexity index is 1210. The molecule has 4 nitrogen and oxygen atoms in total. The van der Waals surface area contributed by atoms with E-state index in [4.69, 9.17) is 4.98 Å². The lowest BCUT2D eigenvalue weighted by atomic mass is 10.1. The first kappa shape index (κ1) is 20.8. The standard InChI is InChI=1S/C22H19FN4S.ClH/c1-22(2,3)26-21-20(25-19-8-4-5-14-27(19)21)18-12-10-15(28-18)9-11-17-16(23)7-6-13-24-17;/h4-8,10,12-14,26H,1-3H3;1H. The van der Waals surface area contributed by atoms with E-state index < -0.39 is 5.82 Å². The van der Waals surface area contributed by atoms with Crippen LogP contribution in [-0.4, -0.2) is 19.9 Å². The number of rotatable bonds is 2. The van der Waals surface area contributed by atoms with Crippen molar-refractivity contribution in [3.05, 3.63) is 71.2 Å². The number of nitrogens with zero attached hydrogens (tertiary/aromatic N) is 3. The lowest BCUT2D eigenvalue weighted by Gasteiger charge is -2.22. The summed E-state index contributed by atoms with van der Waals surface area (Å²) in [6.45, 7) is 6.35. The van der Waals surface area contributed by atoms with Crippen molar-refractivity contribution in [2.75, 3.05) is 5.32 Å². The van der Waals surface area contributed by atoms with Crippen LogP contribution in [0.4, 0.5) is 10.2 Å². The van der Waals surface area contributed by atoms with E-state index in [9.17, 15) is 4.39 Å². The van der Waals surface area contributed by atoms with E-state index in [1.165, 1.54) is 23.6 Å². The van der Waals surface area contributed by atoms with E-state index in [-0.39, 0.29) is 23.6 Å². The van der Waals surface area contributed by atoms with Gasteiger partial charge >= 0.3 is 0 Å². The zero-order valence-corrected chi connectivity index (χ0v) is 17.9. The minimum Gasteiger partial charge on any atom is -0.365 e. The van der Waals surface area contributed by atoms with Gasteiger partial charge in [0.05, 0.1) is 9.75 Å². The third-order valence-corrected chi connectivity index (χ3v) is 4.93. The van der Waals surface area contributed by atoms with E-state index in [1.54, 1.807) is 6.07 Å². The molecule has 0 atom stereocenters. The van der Waals surface area contributed by atoms with Gasteiger partial charge in [-0.3, -0.25) is 4.40 Å². The molecule has 0 amide bonds. The van der Waals surface area contributed by atoms with Crippen molar-refractivity contribution in [3.8, 4) is 22.4 Å². The van der Waals surface area contributed by atoms with Crippen molar-refractivity contribution in [2.24, 2.45) is 0 Å². The van der Waals surface area contributed by atoms with Crippen LogP contribution in [0, 0.1) is 17.7 Å². The largest absolute Gasteiger partial charge is 0.365 e. The van der Waals surface area contributed by atoms with Crippen LogP contribution in [0.15, 0.2) is 54.9 Å². The molecule has 0 fully saturated rings. The zero-order valence-electron chi connectivity index (χ0n) is 16.2. The Morgan fingerprint density at radius 3 is 2.66 bits per heavy atom. The van der Waals surface area contributed by atoms with Crippen molar-refractivity contribution < 1.29 is 4.39 Å². The number of hydrogen-bond donors (Lipinski definition) is 1. The summed E-state index contributed by atoms with van der Waals surface area (Å²) in [4.78, 5) is 10.6. The summed E-state index contributed by atoms with van der Waals surface area (Å²) in [6, 6.07) is 12.8. The number of anilines is 1. The highest BCUT2D eigenvalue weighted by molar-refractivity contribution is 7.16. The second-order valence-electron chi connectivity index (χ2n) is 7.36. The molecule has 148 valence electrons. The van der Waals surface area contributed by atoms with Gasteiger partial charge in [-0.25, -0.2) is 14.4 Å². The maximum absolute atomic E-state index is 13.7.